The molecule has 2 aliphatic rings. The first-order valence-corrected chi connectivity index (χ1v) is 35.4. The summed E-state index contributed by atoms with van der Waals surface area (Å²) >= 11 is 0. The van der Waals surface area contributed by atoms with Crippen LogP contribution >= 0.6 is 43.2 Å². The van der Waals surface area contributed by atoms with Crippen LogP contribution in [0.5, 0.6) is 0 Å². The number of carbonyl (C=O) groups excluding carboxylic acids is 12. The number of rotatable bonds is 34. The zero-order valence-corrected chi connectivity index (χ0v) is 56.5. The predicted molar refractivity (Wildman–Crippen MR) is 359 cm³/mol. The summed E-state index contributed by atoms with van der Waals surface area (Å²) in [6.07, 6.45) is 0.361. The molecule has 0 unspecified atom stereocenters. The molecule has 2 aromatic carbocycles. The number of hydrogen-bond donors (Lipinski definition) is 15. The number of ether oxygens (including phenoxy) is 4. The van der Waals surface area contributed by atoms with Crippen LogP contribution in [-0.2, 0) is 87.7 Å². The van der Waals surface area contributed by atoms with Crippen molar-refractivity contribution in [2.75, 3.05) is 109 Å². The lowest BCUT2D eigenvalue weighted by Crippen LogP contribution is -2.60. The molecule has 18 N–H and O–H groups in total. The van der Waals surface area contributed by atoms with Crippen molar-refractivity contribution in [1.82, 2.24) is 58.5 Å². The Labute approximate surface area is 578 Å². The van der Waals surface area contributed by atoms with Gasteiger partial charge in [-0.2, -0.15) is 0 Å². The number of aliphatic carboxylic acids is 1. The molecular weight excluding hydrogens is 1370 g/mol. The molecule has 4 rings (SSSR count). The lowest BCUT2D eigenvalue weighted by molar-refractivity contribution is -0.141. The van der Waals surface area contributed by atoms with E-state index in [2.05, 4.69) is 68.6 Å². The molecule has 540 valence electrons. The van der Waals surface area contributed by atoms with Crippen LogP contribution in [0.2, 0.25) is 0 Å². The molecular formula is C58H83FN16O19S4. The Kier molecular flexibility index (Phi) is 39.6. The topological polar surface area (TPSA) is 523 Å². The maximum Gasteiger partial charge on any atom is 0.305 e. The molecule has 2 fully saturated rings. The van der Waals surface area contributed by atoms with Gasteiger partial charge < -0.3 is 105 Å². The van der Waals surface area contributed by atoms with Gasteiger partial charge in [-0.25, -0.2) is 4.39 Å². The Morgan fingerprint density at radius 3 is 1.81 bits per heavy atom. The molecule has 0 radical (unpaired) electrons. The molecule has 0 aliphatic carbocycles. The van der Waals surface area contributed by atoms with E-state index in [-0.39, 0.29) is 141 Å². The van der Waals surface area contributed by atoms with Crippen LogP contribution < -0.4 is 75.7 Å². The fourth-order valence-electron chi connectivity index (χ4n) is 8.45. The van der Waals surface area contributed by atoms with Crippen molar-refractivity contribution in [3.63, 3.8) is 0 Å². The molecule has 35 nitrogen and oxygen atoms in total. The van der Waals surface area contributed by atoms with E-state index in [0.29, 0.717) is 21.9 Å². The SMILES string of the molecule is NC(=O)COCC(=O)NCCOCCOCCOCCNC(=O)[C@@H]1CSSC(=O)N[C@@H](CCCCNC(=O)CO/N=C/c2ccc(F)cc2)C(=O)N[C@H]2CSSC[C@H](NC(=O)[C@H](CC(=O)O)NC(=O)CNC(=O)[C@H](CCCN=C(N)N)NC2=O)C(=O)N[C@@H](Cc2ccccc2)C(=O)N1. The number of guanidine groups is 1. The van der Waals surface area contributed by atoms with Gasteiger partial charge in [-0.1, -0.05) is 80.0 Å². The van der Waals surface area contributed by atoms with E-state index in [9.17, 15) is 71.8 Å². The van der Waals surface area contributed by atoms with E-state index in [1.54, 1.807) is 30.3 Å². The van der Waals surface area contributed by atoms with Crippen LogP contribution in [0.25, 0.3) is 0 Å². The van der Waals surface area contributed by atoms with Gasteiger partial charge in [0, 0.05) is 60.7 Å². The molecule has 0 aromatic heterocycles. The quantitative estimate of drug-likeness (QED) is 0.0104. The minimum Gasteiger partial charge on any atom is -0.481 e. The standard InChI is InChI=1S/C58H83FN16O19S4/c59-37-13-11-36(12-14-37)27-68-94-31-48(79)63-15-5-4-9-39-52(84)73-43-32-95-96-33-44(74-54(86)41(26-49(80)81)69-46(77)28-67-50(82)38(70-55(43)87)10-6-16-66-57(61)62)56(88)71-40(25-35-7-2-1-3-8-35)53(85)72-42(34-97-98-58(89)75-39)51(83)65-18-20-91-22-24-92-23-21-90-19-17-64-47(78)30-93-29-45(60)76/h1-3,7-8,11-14,27,38-44H,4-6,9-10,15-26,28-34H2,(H2,60,76)(H,63,79)(H,64,78)(H,65,83)(H,67,82)(H,69,77)(H,70,87)(H,71,88)(H,72,85)(H,73,84)(H,74,86)(H,75,89)(H,80,81)(H4,61,62,66)/b68-27+/t38-,39-,40-,41-,42-,43-,44-/m0/s1. The Morgan fingerprint density at radius 1 is 0.582 bits per heavy atom. The number of unbranched alkanes of at least 4 members (excludes halogenated alkanes) is 1. The number of hydrogen-bond acceptors (Lipinski definition) is 24. The third-order valence-corrected chi connectivity index (χ3v) is 17.8. The lowest BCUT2D eigenvalue weighted by atomic mass is 10.0. The molecule has 12 amide bonds. The molecule has 98 heavy (non-hydrogen) atoms. The third kappa shape index (κ3) is 35.6. The molecule has 2 aliphatic heterocycles. The van der Waals surface area contributed by atoms with Gasteiger partial charge in [0.15, 0.2) is 12.6 Å². The lowest BCUT2D eigenvalue weighted by Gasteiger charge is -2.27. The summed E-state index contributed by atoms with van der Waals surface area (Å²) in [7, 11) is 3.15. The van der Waals surface area contributed by atoms with E-state index in [1.807, 2.05) is 0 Å². The van der Waals surface area contributed by atoms with Crippen LogP contribution in [0.3, 0.4) is 0 Å². The van der Waals surface area contributed by atoms with Crippen molar-refractivity contribution in [3.05, 3.63) is 71.5 Å². The van der Waals surface area contributed by atoms with Crippen LogP contribution in [-0.4, -0.2) is 245 Å². The van der Waals surface area contributed by atoms with Crippen LogP contribution in [0.4, 0.5) is 9.18 Å². The fourth-order valence-corrected chi connectivity index (χ4v) is 12.6. The Balaban J connectivity index is 1.61. The number of nitrogens with one attached hydrogen (secondary N) is 11. The summed E-state index contributed by atoms with van der Waals surface area (Å²) in [6.45, 7) is -1.22. The summed E-state index contributed by atoms with van der Waals surface area (Å²) in [5, 5.41) is 40.9. The zero-order valence-electron chi connectivity index (χ0n) is 53.2. The van der Waals surface area contributed by atoms with Crippen molar-refractivity contribution >= 4 is 132 Å². The van der Waals surface area contributed by atoms with E-state index in [4.69, 9.17) is 41.0 Å². The van der Waals surface area contributed by atoms with Gasteiger partial charge in [-0.15, -0.1) is 0 Å². The number of amides is 12. The highest BCUT2D eigenvalue weighted by atomic mass is 33.1. The summed E-state index contributed by atoms with van der Waals surface area (Å²) in [4.78, 5) is 184. The fraction of sp³-hybridized carbons (Fsp3) is 0.534. The molecule has 40 heteroatoms. The highest BCUT2D eigenvalue weighted by Crippen LogP contribution is 2.26. The number of aliphatic imine (C=N–C) groups is 1. The molecule has 0 saturated carbocycles. The van der Waals surface area contributed by atoms with Crippen LogP contribution in [0.15, 0.2) is 64.7 Å². The van der Waals surface area contributed by atoms with Crippen LogP contribution in [0.1, 0.15) is 49.7 Å². The number of nitrogens with two attached hydrogens (primary N) is 3. The summed E-state index contributed by atoms with van der Waals surface area (Å²) in [5.41, 5.74) is 17.0. The van der Waals surface area contributed by atoms with E-state index in [0.717, 1.165) is 32.4 Å². The number of benzene rings is 2. The van der Waals surface area contributed by atoms with Crippen LogP contribution in [0, 0.1) is 5.82 Å². The molecule has 2 heterocycles. The van der Waals surface area contributed by atoms with E-state index >= 15 is 0 Å². The largest absolute Gasteiger partial charge is 0.481 e. The second kappa shape index (κ2) is 47.4. The van der Waals surface area contributed by atoms with Crippen molar-refractivity contribution in [2.45, 2.75) is 87.2 Å². The summed E-state index contributed by atoms with van der Waals surface area (Å²) < 4.78 is 34.7. The highest BCUT2D eigenvalue weighted by molar-refractivity contribution is 8.82. The second-order valence-electron chi connectivity index (χ2n) is 21.1. The number of carboxylic acid groups (broad SMARTS) is 1. The monoisotopic (exact) mass is 1450 g/mol. The summed E-state index contributed by atoms with van der Waals surface area (Å²) in [5.74, 6) is -12.6. The van der Waals surface area contributed by atoms with Crippen molar-refractivity contribution in [3.8, 4) is 0 Å². The summed E-state index contributed by atoms with van der Waals surface area (Å²) in [6, 6.07) is 2.97. The number of carbonyl (C=O) groups is 13. The zero-order chi connectivity index (χ0) is 71.5. The minimum atomic E-state index is -1.84. The second-order valence-corrected chi connectivity index (χ2v) is 26.0. The number of oxime groups is 1. The number of halogens is 1. The smallest absolute Gasteiger partial charge is 0.305 e. The average Bonchev–Trinajstić information content (AvgIpc) is 1.24. The Hall–Kier alpha value is -8.54. The maximum atomic E-state index is 14.6. The molecule has 2 bridgehead atoms. The number of fused-ring (bicyclic) bond motifs is 5. The van der Waals surface area contributed by atoms with E-state index < -0.39 is 144 Å². The van der Waals surface area contributed by atoms with Gasteiger partial charge >= 0.3 is 5.97 Å². The number of carboxylic acids is 1. The normalized spacial score (nSPS) is 20.4. The first kappa shape index (κ1) is 81.9. The number of nitrogens with zero attached hydrogens (tertiary/aromatic N) is 2. The first-order valence-electron chi connectivity index (χ1n) is 30.6. The maximum absolute atomic E-state index is 14.6. The van der Waals surface area contributed by atoms with E-state index in [1.165, 1.54) is 30.5 Å². The minimum absolute atomic E-state index is 0.00778. The van der Waals surface area contributed by atoms with Crippen molar-refractivity contribution in [1.29, 1.82) is 0 Å². The third-order valence-electron chi connectivity index (χ3n) is 13.3. The van der Waals surface area contributed by atoms with Crippen molar-refractivity contribution in [2.24, 2.45) is 27.3 Å². The molecule has 7 atom stereocenters. The van der Waals surface area contributed by atoms with Gasteiger partial charge in [0.1, 0.15) is 61.3 Å². The highest BCUT2D eigenvalue weighted by Gasteiger charge is 2.35. The van der Waals surface area contributed by atoms with Gasteiger partial charge in [0.05, 0.1) is 58.8 Å². The Bertz CT molecular complexity index is 3020. The molecule has 2 saturated heterocycles. The average molecular weight is 1460 g/mol. The molecule has 0 spiro atoms. The Morgan fingerprint density at radius 2 is 1.16 bits per heavy atom. The van der Waals surface area contributed by atoms with Gasteiger partial charge in [-0.3, -0.25) is 67.3 Å². The van der Waals surface area contributed by atoms with Gasteiger partial charge in [0.2, 0.25) is 59.1 Å². The molecule has 2 aromatic rings. The van der Waals surface area contributed by atoms with Gasteiger partial charge in [0.25, 0.3) is 11.1 Å². The predicted octanol–water partition coefficient (Wildman–Crippen LogP) is -4.09. The first-order chi connectivity index (χ1) is 47.1. The number of primary amides is 1. The van der Waals surface area contributed by atoms with Crippen molar-refractivity contribution < 1.29 is 95.6 Å². The van der Waals surface area contributed by atoms with Gasteiger partial charge in [-0.05, 0) is 55.4 Å².